The number of aromatic nitrogens is 1. The lowest BCUT2D eigenvalue weighted by molar-refractivity contribution is -0.176. The van der Waals surface area contributed by atoms with Gasteiger partial charge in [0, 0.05) is 29.2 Å². The number of amides is 2. The number of allylic oxidation sites excluding steroid dienone is 5. The largest absolute Gasteiger partial charge is 0.392 e. The van der Waals surface area contributed by atoms with E-state index < -0.39 is 24.0 Å². The Kier molecular flexibility index (Phi) is 8.73. The number of hydrogen-bond donors (Lipinski definition) is 2. The Morgan fingerprint density at radius 3 is 2.89 bits per heavy atom. The Hall–Kier alpha value is -3.78. The van der Waals surface area contributed by atoms with Crippen LogP contribution in [-0.2, 0) is 11.2 Å². The van der Waals surface area contributed by atoms with Crippen molar-refractivity contribution in [3.63, 3.8) is 0 Å². The summed E-state index contributed by atoms with van der Waals surface area (Å²) in [6, 6.07) is 8.16. The van der Waals surface area contributed by atoms with Crippen molar-refractivity contribution in [1.29, 1.82) is 5.26 Å². The fourth-order valence-electron chi connectivity index (χ4n) is 4.30. The van der Waals surface area contributed by atoms with Gasteiger partial charge < -0.3 is 15.5 Å². The number of carbonyl (C=O) groups excluding carboxylic acids is 2. The third kappa shape index (κ3) is 6.75. The molecule has 0 aliphatic carbocycles. The first kappa shape index (κ1) is 27.3. The summed E-state index contributed by atoms with van der Waals surface area (Å²) in [6.07, 6.45) is 5.37. The lowest BCUT2D eigenvalue weighted by atomic mass is 9.93. The van der Waals surface area contributed by atoms with Gasteiger partial charge in [0.25, 0.3) is 5.91 Å². The van der Waals surface area contributed by atoms with Crippen LogP contribution in [0.15, 0.2) is 66.7 Å². The Morgan fingerprint density at radius 1 is 1.26 bits per heavy atom. The van der Waals surface area contributed by atoms with Crippen LogP contribution in [0.2, 0.25) is 0 Å². The molecule has 0 unspecified atom stereocenters. The van der Waals surface area contributed by atoms with Crippen LogP contribution in [0.4, 0.5) is 13.2 Å². The molecule has 1 fully saturated rings. The third-order valence-corrected chi connectivity index (χ3v) is 7.41. The second kappa shape index (κ2) is 12.2. The fraction of sp³-hybridized carbons (Fsp3) is 0.333. The van der Waals surface area contributed by atoms with E-state index in [4.69, 9.17) is 0 Å². The van der Waals surface area contributed by atoms with Crippen molar-refractivity contribution >= 4 is 34.5 Å². The number of aryl methyl sites for hydroxylation is 1. The molecular formula is C27H26F3N5O2S. The quantitative estimate of drug-likeness (QED) is 0.513. The second-order valence-electron chi connectivity index (χ2n) is 8.96. The molecule has 4 rings (SSSR count). The average Bonchev–Trinajstić information content (AvgIpc) is 3.24. The van der Waals surface area contributed by atoms with Crippen LogP contribution >= 0.6 is 11.8 Å². The molecule has 1 aromatic carbocycles. The number of nitriles is 1. The third-order valence-electron chi connectivity index (χ3n) is 6.40. The van der Waals surface area contributed by atoms with E-state index in [0.717, 1.165) is 0 Å². The number of fused-ring (bicyclic) bond motifs is 1. The predicted octanol–water partition coefficient (Wildman–Crippen LogP) is 4.45. The molecule has 2 N–H and O–H groups in total. The highest BCUT2D eigenvalue weighted by Crippen LogP contribution is 2.35. The molecule has 38 heavy (non-hydrogen) atoms. The summed E-state index contributed by atoms with van der Waals surface area (Å²) >= 11 is 1.47. The minimum absolute atomic E-state index is 0.119. The summed E-state index contributed by atoms with van der Waals surface area (Å²) in [4.78, 5) is 31.1. The Labute approximate surface area is 222 Å². The monoisotopic (exact) mass is 541 g/mol. The molecule has 2 aliphatic heterocycles. The minimum Gasteiger partial charge on any atom is -0.365 e. The molecule has 1 aromatic heterocycles. The summed E-state index contributed by atoms with van der Waals surface area (Å²) in [5.74, 6) is -1.46. The van der Waals surface area contributed by atoms with Gasteiger partial charge in [0.1, 0.15) is 6.04 Å². The van der Waals surface area contributed by atoms with Gasteiger partial charge in [-0.25, -0.2) is 0 Å². The van der Waals surface area contributed by atoms with Crippen molar-refractivity contribution in [3.05, 3.63) is 77.8 Å². The maximum Gasteiger partial charge on any atom is 0.392 e. The van der Waals surface area contributed by atoms with Crippen LogP contribution in [0.5, 0.6) is 0 Å². The maximum absolute atomic E-state index is 13.8. The summed E-state index contributed by atoms with van der Waals surface area (Å²) in [5.41, 5.74) is 1.93. The van der Waals surface area contributed by atoms with Gasteiger partial charge in [-0.05, 0) is 55.2 Å². The lowest BCUT2D eigenvalue weighted by Gasteiger charge is -2.22. The number of alkyl halides is 3. The second-order valence-corrected chi connectivity index (χ2v) is 9.96. The molecule has 2 atom stereocenters. The molecule has 3 heterocycles. The normalized spacial score (nSPS) is 17.9. The molecule has 11 heteroatoms. The number of pyridine rings is 1. The predicted molar refractivity (Wildman–Crippen MR) is 140 cm³/mol. The Balaban J connectivity index is 1.45. The van der Waals surface area contributed by atoms with Gasteiger partial charge >= 0.3 is 6.18 Å². The Morgan fingerprint density at radius 2 is 2.11 bits per heavy atom. The average molecular weight is 542 g/mol. The molecule has 2 amide bonds. The van der Waals surface area contributed by atoms with Gasteiger partial charge in [-0.1, -0.05) is 18.2 Å². The molecule has 0 bridgehead atoms. The van der Waals surface area contributed by atoms with Crippen LogP contribution < -0.4 is 10.6 Å². The molecule has 0 spiro atoms. The van der Waals surface area contributed by atoms with Gasteiger partial charge in [0.05, 0.1) is 35.5 Å². The van der Waals surface area contributed by atoms with E-state index in [-0.39, 0.29) is 37.3 Å². The van der Waals surface area contributed by atoms with Crippen LogP contribution in [0, 0.1) is 17.2 Å². The van der Waals surface area contributed by atoms with Crippen molar-refractivity contribution in [3.8, 4) is 6.07 Å². The van der Waals surface area contributed by atoms with Crippen molar-refractivity contribution in [2.75, 3.05) is 18.2 Å². The minimum atomic E-state index is -4.36. The number of thioether (sulfide) groups is 1. The van der Waals surface area contributed by atoms with Crippen LogP contribution in [0.3, 0.4) is 0 Å². The van der Waals surface area contributed by atoms with Crippen LogP contribution in [-0.4, -0.2) is 52.1 Å². The molecule has 1 saturated heterocycles. The van der Waals surface area contributed by atoms with E-state index in [9.17, 15) is 28.0 Å². The highest BCUT2D eigenvalue weighted by molar-refractivity contribution is 7.99. The van der Waals surface area contributed by atoms with Crippen molar-refractivity contribution in [2.45, 2.75) is 31.5 Å². The van der Waals surface area contributed by atoms with E-state index in [1.54, 1.807) is 48.7 Å². The van der Waals surface area contributed by atoms with Crippen molar-refractivity contribution < 1.29 is 22.8 Å². The van der Waals surface area contributed by atoms with Gasteiger partial charge in [-0.2, -0.15) is 18.4 Å². The number of nitrogens with one attached hydrogen (secondary N) is 2. The standard InChI is InChI=1S/C27H26F3N5O2S/c28-27(29,30)19(13-20-4-2-1-3-10-32-20)7-5-18-6-8-24-23(12-18)22(9-11-33-24)26(37)34-15-25(36)35-17-38-16-21(35)14-31/h1-4,6,8-12,19,21,32H,5,7,13,15-17H2,(H,34,37)/t19-,21-/m1/s1. The molecular weight excluding hydrogens is 515 g/mol. The number of benzene rings is 1. The van der Waals surface area contributed by atoms with E-state index in [1.165, 1.54) is 28.9 Å². The highest BCUT2D eigenvalue weighted by Gasteiger charge is 2.39. The molecule has 0 saturated carbocycles. The number of rotatable bonds is 8. The van der Waals surface area contributed by atoms with Crippen molar-refractivity contribution in [2.24, 2.45) is 5.92 Å². The van der Waals surface area contributed by atoms with Crippen molar-refractivity contribution in [1.82, 2.24) is 20.5 Å². The van der Waals surface area contributed by atoms with Gasteiger partial charge in [-0.15, -0.1) is 11.8 Å². The van der Waals surface area contributed by atoms with Gasteiger partial charge in [0.2, 0.25) is 5.91 Å². The number of halogens is 3. The molecule has 7 nitrogen and oxygen atoms in total. The zero-order valence-electron chi connectivity index (χ0n) is 20.4. The Bertz CT molecular complexity index is 1330. The van der Waals surface area contributed by atoms with E-state index >= 15 is 0 Å². The van der Waals surface area contributed by atoms with Crippen LogP contribution in [0.1, 0.15) is 28.8 Å². The summed E-state index contributed by atoms with van der Waals surface area (Å²) in [7, 11) is 0. The molecule has 198 valence electrons. The summed E-state index contributed by atoms with van der Waals surface area (Å²) < 4.78 is 41.4. The number of carbonyl (C=O) groups is 2. The zero-order valence-corrected chi connectivity index (χ0v) is 21.2. The lowest BCUT2D eigenvalue weighted by Crippen LogP contribution is -2.42. The smallest absolute Gasteiger partial charge is 0.365 e. The maximum atomic E-state index is 13.8. The van der Waals surface area contributed by atoms with Crippen LogP contribution in [0.25, 0.3) is 10.9 Å². The summed E-state index contributed by atoms with van der Waals surface area (Å²) in [5, 5.41) is 15.2. The van der Waals surface area contributed by atoms with E-state index in [1.807, 2.05) is 0 Å². The topological polar surface area (TPSA) is 98.1 Å². The zero-order chi connectivity index (χ0) is 27.1. The molecule has 2 aromatic rings. The van der Waals surface area contributed by atoms with Gasteiger partial charge in [0.15, 0.2) is 0 Å². The van der Waals surface area contributed by atoms with E-state index in [0.29, 0.717) is 33.8 Å². The first-order valence-corrected chi connectivity index (χ1v) is 13.2. The highest BCUT2D eigenvalue weighted by atomic mass is 32.2. The first-order chi connectivity index (χ1) is 18.3. The summed E-state index contributed by atoms with van der Waals surface area (Å²) in [6.45, 7) is -0.261. The molecule has 0 radical (unpaired) electrons. The number of nitrogens with zero attached hydrogens (tertiary/aromatic N) is 3. The fourth-order valence-corrected chi connectivity index (χ4v) is 5.41. The van der Waals surface area contributed by atoms with E-state index in [2.05, 4.69) is 21.7 Å². The number of hydrogen-bond acceptors (Lipinski definition) is 6. The first-order valence-electron chi connectivity index (χ1n) is 12.0. The SMILES string of the molecule is N#C[C@@H]1CSCN1C(=O)CNC(=O)c1ccnc2ccc(CC[C@H](CC3=CC=CC=CN3)C(F)(F)F)cc12. The molecule has 2 aliphatic rings. The van der Waals surface area contributed by atoms with Gasteiger partial charge in [-0.3, -0.25) is 14.6 Å².